The maximum atomic E-state index is 12.7. The first kappa shape index (κ1) is 18.1. The molecule has 0 atom stereocenters. The van der Waals surface area contributed by atoms with Crippen LogP contribution in [0.15, 0.2) is 36.5 Å². The van der Waals surface area contributed by atoms with E-state index in [1.54, 1.807) is 10.9 Å². The zero-order valence-electron chi connectivity index (χ0n) is 15.7. The summed E-state index contributed by atoms with van der Waals surface area (Å²) in [6, 6.07) is 10.1. The number of morpholine rings is 1. The van der Waals surface area contributed by atoms with Crippen LogP contribution in [0, 0.1) is 5.92 Å². The van der Waals surface area contributed by atoms with Crippen LogP contribution in [0.3, 0.4) is 0 Å². The average Bonchev–Trinajstić information content (AvgIpc) is 3.18. The van der Waals surface area contributed by atoms with Gasteiger partial charge in [-0.1, -0.05) is 35.5 Å². The quantitative estimate of drug-likeness (QED) is 0.799. The Labute approximate surface area is 159 Å². The number of hydrogen-bond acceptors (Lipinski definition) is 5. The van der Waals surface area contributed by atoms with Crippen LogP contribution in [0.25, 0.3) is 0 Å². The Morgan fingerprint density at radius 1 is 1.07 bits per heavy atom. The summed E-state index contributed by atoms with van der Waals surface area (Å²) in [5, 5.41) is 8.22. The average molecular weight is 369 g/mol. The summed E-state index contributed by atoms with van der Waals surface area (Å²) in [6.45, 7) is 7.11. The van der Waals surface area contributed by atoms with E-state index in [4.69, 9.17) is 4.74 Å². The molecule has 0 radical (unpaired) electrons. The number of carbonyl (C=O) groups is 1. The van der Waals surface area contributed by atoms with E-state index < -0.39 is 0 Å². The zero-order chi connectivity index (χ0) is 18.5. The molecule has 3 heterocycles. The normalized spacial score (nSPS) is 19.3. The number of ether oxygens (including phenoxy) is 1. The number of carbonyl (C=O) groups excluding carboxylic acids is 1. The SMILES string of the molecule is O=C(c1cn(Cc2ccccc2)nn1)N1CCC(CN2CCOCC2)CC1. The predicted molar refractivity (Wildman–Crippen MR) is 101 cm³/mol. The number of rotatable bonds is 5. The van der Waals surface area contributed by atoms with Crippen molar-refractivity contribution in [3.8, 4) is 0 Å². The molecule has 0 bridgehead atoms. The van der Waals surface area contributed by atoms with Gasteiger partial charge in [0.25, 0.3) is 5.91 Å². The van der Waals surface area contributed by atoms with Gasteiger partial charge in [-0.15, -0.1) is 5.10 Å². The summed E-state index contributed by atoms with van der Waals surface area (Å²) < 4.78 is 7.15. The summed E-state index contributed by atoms with van der Waals surface area (Å²) in [5.41, 5.74) is 1.59. The van der Waals surface area contributed by atoms with Gasteiger partial charge in [0.1, 0.15) is 0 Å². The van der Waals surface area contributed by atoms with Crippen LogP contribution in [0.2, 0.25) is 0 Å². The van der Waals surface area contributed by atoms with Crippen LogP contribution in [-0.4, -0.2) is 76.6 Å². The number of aromatic nitrogens is 3. The van der Waals surface area contributed by atoms with E-state index in [2.05, 4.69) is 15.2 Å². The summed E-state index contributed by atoms with van der Waals surface area (Å²) >= 11 is 0. The minimum Gasteiger partial charge on any atom is -0.379 e. The van der Waals surface area contributed by atoms with Crippen LogP contribution < -0.4 is 0 Å². The Kier molecular flexibility index (Phi) is 5.79. The van der Waals surface area contributed by atoms with E-state index in [9.17, 15) is 4.79 Å². The molecule has 1 aromatic carbocycles. The number of piperidine rings is 1. The molecule has 2 aliphatic heterocycles. The molecule has 2 fully saturated rings. The van der Waals surface area contributed by atoms with Crippen LogP contribution >= 0.6 is 0 Å². The van der Waals surface area contributed by atoms with Crippen molar-refractivity contribution in [2.45, 2.75) is 19.4 Å². The van der Waals surface area contributed by atoms with Gasteiger partial charge in [-0.05, 0) is 24.3 Å². The first-order valence-corrected chi connectivity index (χ1v) is 9.81. The third-order valence-corrected chi connectivity index (χ3v) is 5.47. The van der Waals surface area contributed by atoms with Crippen molar-refractivity contribution >= 4 is 5.91 Å². The second-order valence-corrected chi connectivity index (χ2v) is 7.44. The highest BCUT2D eigenvalue weighted by molar-refractivity contribution is 5.92. The Morgan fingerprint density at radius 3 is 2.56 bits per heavy atom. The zero-order valence-corrected chi connectivity index (χ0v) is 15.7. The number of nitrogens with zero attached hydrogens (tertiary/aromatic N) is 5. The lowest BCUT2D eigenvalue weighted by Gasteiger charge is -2.35. The molecule has 0 spiro atoms. The lowest BCUT2D eigenvalue weighted by molar-refractivity contribution is 0.0242. The number of amides is 1. The molecule has 0 unspecified atom stereocenters. The van der Waals surface area contributed by atoms with Gasteiger partial charge in [0.05, 0.1) is 26.0 Å². The molecule has 2 aliphatic rings. The van der Waals surface area contributed by atoms with Crippen LogP contribution in [-0.2, 0) is 11.3 Å². The molecular weight excluding hydrogens is 342 g/mol. The molecule has 2 aromatic rings. The maximum Gasteiger partial charge on any atom is 0.276 e. The molecule has 27 heavy (non-hydrogen) atoms. The van der Waals surface area contributed by atoms with Crippen LogP contribution in [0.1, 0.15) is 28.9 Å². The van der Waals surface area contributed by atoms with Crippen molar-refractivity contribution < 1.29 is 9.53 Å². The topological polar surface area (TPSA) is 63.5 Å². The Bertz CT molecular complexity index is 734. The molecule has 0 saturated carbocycles. The second-order valence-electron chi connectivity index (χ2n) is 7.44. The first-order valence-electron chi connectivity index (χ1n) is 9.81. The van der Waals surface area contributed by atoms with Gasteiger partial charge < -0.3 is 9.64 Å². The van der Waals surface area contributed by atoms with Crippen molar-refractivity contribution in [3.63, 3.8) is 0 Å². The molecular formula is C20H27N5O2. The monoisotopic (exact) mass is 369 g/mol. The van der Waals surface area contributed by atoms with Gasteiger partial charge in [0.2, 0.25) is 0 Å². The standard InChI is InChI=1S/C20H27N5O2/c26-20(19-16-25(22-21-19)15-17-4-2-1-3-5-17)24-8-6-18(7-9-24)14-23-10-12-27-13-11-23/h1-5,16,18H,6-15H2. The van der Waals surface area contributed by atoms with E-state index in [0.717, 1.165) is 64.3 Å². The second kappa shape index (κ2) is 8.63. The van der Waals surface area contributed by atoms with Gasteiger partial charge in [-0.3, -0.25) is 9.69 Å². The molecule has 7 heteroatoms. The van der Waals surface area contributed by atoms with Crippen molar-refractivity contribution in [3.05, 3.63) is 47.8 Å². The van der Waals surface area contributed by atoms with E-state index >= 15 is 0 Å². The molecule has 7 nitrogen and oxygen atoms in total. The highest BCUT2D eigenvalue weighted by Gasteiger charge is 2.26. The summed E-state index contributed by atoms with van der Waals surface area (Å²) in [7, 11) is 0. The van der Waals surface area contributed by atoms with Crippen LogP contribution in [0.4, 0.5) is 0 Å². The summed E-state index contributed by atoms with van der Waals surface area (Å²) in [6.07, 6.45) is 3.87. The number of hydrogen-bond donors (Lipinski definition) is 0. The largest absolute Gasteiger partial charge is 0.379 e. The minimum atomic E-state index is -0.000802. The fourth-order valence-electron chi connectivity index (χ4n) is 3.87. The van der Waals surface area contributed by atoms with E-state index in [0.29, 0.717) is 18.2 Å². The fourth-order valence-corrected chi connectivity index (χ4v) is 3.87. The smallest absolute Gasteiger partial charge is 0.276 e. The first-order chi connectivity index (χ1) is 13.3. The van der Waals surface area contributed by atoms with Crippen LogP contribution in [0.5, 0.6) is 0 Å². The summed E-state index contributed by atoms with van der Waals surface area (Å²) in [5.74, 6) is 0.667. The van der Waals surface area contributed by atoms with E-state index in [1.165, 1.54) is 0 Å². The highest BCUT2D eigenvalue weighted by atomic mass is 16.5. The third kappa shape index (κ3) is 4.73. The van der Waals surface area contributed by atoms with Gasteiger partial charge in [-0.2, -0.15) is 0 Å². The van der Waals surface area contributed by atoms with Gasteiger partial charge in [0, 0.05) is 32.7 Å². The molecule has 1 amide bonds. The molecule has 144 valence electrons. The molecule has 2 saturated heterocycles. The van der Waals surface area contributed by atoms with Gasteiger partial charge in [0.15, 0.2) is 5.69 Å². The van der Waals surface area contributed by atoms with Crippen molar-refractivity contribution in [1.29, 1.82) is 0 Å². The molecule has 0 aliphatic carbocycles. The van der Waals surface area contributed by atoms with E-state index in [-0.39, 0.29) is 5.91 Å². The molecule has 1 aromatic heterocycles. The summed E-state index contributed by atoms with van der Waals surface area (Å²) in [4.78, 5) is 17.2. The maximum absolute atomic E-state index is 12.7. The molecule has 4 rings (SSSR count). The fraction of sp³-hybridized carbons (Fsp3) is 0.550. The van der Waals surface area contributed by atoms with Crippen molar-refractivity contribution in [2.24, 2.45) is 5.92 Å². The Balaban J connectivity index is 1.28. The molecule has 0 N–H and O–H groups in total. The Hall–Kier alpha value is -2.25. The number of likely N-dealkylation sites (tertiary alicyclic amines) is 1. The lowest BCUT2D eigenvalue weighted by atomic mass is 9.96. The third-order valence-electron chi connectivity index (χ3n) is 5.47. The number of benzene rings is 1. The van der Waals surface area contributed by atoms with Crippen molar-refractivity contribution in [1.82, 2.24) is 24.8 Å². The van der Waals surface area contributed by atoms with Crippen molar-refractivity contribution in [2.75, 3.05) is 45.9 Å². The van der Waals surface area contributed by atoms with Gasteiger partial charge >= 0.3 is 0 Å². The lowest BCUT2D eigenvalue weighted by Crippen LogP contribution is -2.44. The Morgan fingerprint density at radius 2 is 1.81 bits per heavy atom. The minimum absolute atomic E-state index is 0.000802. The predicted octanol–water partition coefficient (Wildman–Crippen LogP) is 1.51. The van der Waals surface area contributed by atoms with Gasteiger partial charge in [-0.25, -0.2) is 4.68 Å². The van der Waals surface area contributed by atoms with E-state index in [1.807, 2.05) is 35.2 Å². The highest BCUT2D eigenvalue weighted by Crippen LogP contribution is 2.20.